The van der Waals surface area contributed by atoms with Crippen molar-refractivity contribution in [3.63, 3.8) is 0 Å². The molecule has 13 heavy (non-hydrogen) atoms. The summed E-state index contributed by atoms with van der Waals surface area (Å²) in [6, 6.07) is 0. The Hall–Kier alpha value is -0.850. The van der Waals surface area contributed by atoms with Crippen molar-refractivity contribution in [1.29, 1.82) is 0 Å². The van der Waals surface area contributed by atoms with Gasteiger partial charge in [0.1, 0.15) is 19.0 Å². The Balaban J connectivity index is 0.00000144. The number of aromatic nitrogens is 2. The predicted molar refractivity (Wildman–Crippen MR) is 45.2 cm³/mol. The van der Waals surface area contributed by atoms with Crippen molar-refractivity contribution in [1.82, 2.24) is 4.57 Å². The molecule has 1 aromatic heterocycles. The molecule has 0 unspecified atom stereocenters. The number of hydrogen-bond donors (Lipinski definition) is 1. The summed E-state index contributed by atoms with van der Waals surface area (Å²) in [7, 11) is 1.89. The molecule has 0 aliphatic rings. The number of oxime groups is 1. The maximum Gasteiger partial charge on any atom is 0.244 e. The molecule has 0 fully saturated rings. The van der Waals surface area contributed by atoms with Gasteiger partial charge < -0.3 is 29.2 Å². The summed E-state index contributed by atoms with van der Waals surface area (Å²) in [5.74, 6) is 0. The van der Waals surface area contributed by atoms with Gasteiger partial charge in [-0.2, -0.15) is 0 Å². The first-order chi connectivity index (χ1) is 5.77. The largest absolute Gasteiger partial charge is 1.00 e. The van der Waals surface area contributed by atoms with Crippen molar-refractivity contribution >= 4 is 6.21 Å². The lowest BCUT2D eigenvalue weighted by atomic mass is 10.5. The van der Waals surface area contributed by atoms with E-state index in [4.69, 9.17) is 5.21 Å². The van der Waals surface area contributed by atoms with Crippen molar-refractivity contribution in [2.75, 3.05) is 0 Å². The zero-order valence-corrected chi connectivity index (χ0v) is 9.55. The Morgan fingerprint density at radius 1 is 1.77 bits per heavy atom. The Morgan fingerprint density at radius 2 is 2.46 bits per heavy atom. The first-order valence-electron chi connectivity index (χ1n) is 3.61. The van der Waals surface area contributed by atoms with E-state index in [0.29, 0.717) is 0 Å². The molecule has 0 saturated carbocycles. The Labute approximate surface area is 94.2 Å². The van der Waals surface area contributed by atoms with Gasteiger partial charge in [0.05, 0.1) is 7.05 Å². The number of halogens is 1. The summed E-state index contributed by atoms with van der Waals surface area (Å²) in [4.78, 5) is 0. The Morgan fingerprint density at radius 3 is 3.00 bits per heavy atom. The molecule has 5 heteroatoms. The van der Waals surface area contributed by atoms with Crippen LogP contribution in [0, 0.1) is 0 Å². The van der Waals surface area contributed by atoms with Gasteiger partial charge in [0, 0.05) is 0 Å². The molecule has 0 aliphatic carbocycles. The van der Waals surface area contributed by atoms with E-state index in [0.717, 1.165) is 12.2 Å². The van der Waals surface area contributed by atoms with E-state index < -0.39 is 0 Å². The number of aryl methyl sites for hydroxylation is 1. The maximum atomic E-state index is 8.31. The predicted octanol–water partition coefficient (Wildman–Crippen LogP) is -2.69. The van der Waals surface area contributed by atoms with E-state index in [1.165, 1.54) is 6.21 Å². The Kier molecular flexibility index (Phi) is 5.36. The SMILES string of the molecule is C=CC[n+]1cc(/C=N/O)n(C)c1.[I-]. The highest BCUT2D eigenvalue weighted by atomic mass is 127. The van der Waals surface area contributed by atoms with Crippen molar-refractivity contribution in [3.05, 3.63) is 30.9 Å². The highest BCUT2D eigenvalue weighted by molar-refractivity contribution is 5.75. The van der Waals surface area contributed by atoms with Crippen LogP contribution in [0.15, 0.2) is 30.3 Å². The molecule has 0 spiro atoms. The van der Waals surface area contributed by atoms with Crippen molar-refractivity contribution in [2.45, 2.75) is 6.54 Å². The number of allylic oxidation sites excluding steroid dienone is 1. The molecular formula is C8H12IN3O. The van der Waals surface area contributed by atoms with Gasteiger partial charge in [-0.3, -0.25) is 0 Å². The van der Waals surface area contributed by atoms with Gasteiger partial charge in [-0.05, 0) is 0 Å². The highest BCUT2D eigenvalue weighted by Crippen LogP contribution is 1.89. The molecule has 0 amide bonds. The molecule has 1 rings (SSSR count). The molecule has 72 valence electrons. The monoisotopic (exact) mass is 293 g/mol. The van der Waals surface area contributed by atoms with Gasteiger partial charge in [0.25, 0.3) is 0 Å². The van der Waals surface area contributed by atoms with Crippen LogP contribution in [0.4, 0.5) is 0 Å². The van der Waals surface area contributed by atoms with Gasteiger partial charge >= 0.3 is 0 Å². The van der Waals surface area contributed by atoms with Gasteiger partial charge in [-0.25, -0.2) is 9.13 Å². The quantitative estimate of drug-likeness (QED) is 0.162. The number of rotatable bonds is 3. The lowest BCUT2D eigenvalue weighted by Crippen LogP contribution is -3.00. The summed E-state index contributed by atoms with van der Waals surface area (Å²) in [5.41, 5.74) is 0.847. The molecule has 0 saturated heterocycles. The lowest BCUT2D eigenvalue weighted by Gasteiger charge is -1.83. The third kappa shape index (κ3) is 3.17. The fourth-order valence-electron chi connectivity index (χ4n) is 1.02. The minimum absolute atomic E-state index is 0. The van der Waals surface area contributed by atoms with E-state index in [1.807, 2.05) is 28.7 Å². The summed E-state index contributed by atoms with van der Waals surface area (Å²) in [5, 5.41) is 11.3. The van der Waals surface area contributed by atoms with Crippen LogP contribution in [0.2, 0.25) is 0 Å². The zero-order valence-electron chi connectivity index (χ0n) is 7.39. The molecule has 0 aromatic carbocycles. The average Bonchev–Trinajstić information content (AvgIpc) is 2.34. The summed E-state index contributed by atoms with van der Waals surface area (Å²) < 4.78 is 3.81. The van der Waals surface area contributed by atoms with E-state index in [1.54, 1.807) is 6.08 Å². The molecule has 0 radical (unpaired) electrons. The van der Waals surface area contributed by atoms with Crippen LogP contribution >= 0.6 is 0 Å². The van der Waals surface area contributed by atoms with Crippen molar-refractivity contribution in [3.8, 4) is 0 Å². The molecule has 0 aliphatic heterocycles. The fraction of sp³-hybridized carbons (Fsp3) is 0.250. The molecular weight excluding hydrogens is 281 g/mol. The van der Waals surface area contributed by atoms with Gasteiger partial charge in [-0.1, -0.05) is 17.8 Å². The van der Waals surface area contributed by atoms with Crippen LogP contribution in [-0.2, 0) is 13.6 Å². The molecule has 0 atom stereocenters. The second-order valence-electron chi connectivity index (χ2n) is 2.51. The van der Waals surface area contributed by atoms with E-state index in [2.05, 4.69) is 11.7 Å². The van der Waals surface area contributed by atoms with Gasteiger partial charge in [-0.15, -0.1) is 0 Å². The second-order valence-corrected chi connectivity index (χ2v) is 2.51. The summed E-state index contributed by atoms with van der Waals surface area (Å²) in [6.45, 7) is 4.38. The molecule has 1 heterocycles. The van der Waals surface area contributed by atoms with E-state index in [-0.39, 0.29) is 24.0 Å². The number of nitrogens with zero attached hydrogens (tertiary/aromatic N) is 3. The zero-order chi connectivity index (χ0) is 8.97. The van der Waals surface area contributed by atoms with E-state index in [9.17, 15) is 0 Å². The topological polar surface area (TPSA) is 41.4 Å². The molecule has 0 bridgehead atoms. The first kappa shape index (κ1) is 12.2. The van der Waals surface area contributed by atoms with Crippen LogP contribution in [0.3, 0.4) is 0 Å². The summed E-state index contributed by atoms with van der Waals surface area (Å²) >= 11 is 0. The summed E-state index contributed by atoms with van der Waals surface area (Å²) in [6.07, 6.45) is 6.97. The average molecular weight is 293 g/mol. The maximum absolute atomic E-state index is 8.31. The first-order valence-corrected chi connectivity index (χ1v) is 3.61. The lowest BCUT2D eigenvalue weighted by molar-refractivity contribution is -0.686. The van der Waals surface area contributed by atoms with E-state index >= 15 is 0 Å². The second kappa shape index (κ2) is 5.74. The van der Waals surface area contributed by atoms with Crippen LogP contribution in [-0.4, -0.2) is 16.0 Å². The van der Waals surface area contributed by atoms with Gasteiger partial charge in [0.2, 0.25) is 6.33 Å². The highest BCUT2D eigenvalue weighted by Gasteiger charge is 2.05. The van der Waals surface area contributed by atoms with Crippen LogP contribution in [0.1, 0.15) is 5.69 Å². The van der Waals surface area contributed by atoms with Crippen molar-refractivity contribution in [2.24, 2.45) is 12.2 Å². The van der Waals surface area contributed by atoms with Crippen LogP contribution in [0.5, 0.6) is 0 Å². The smallest absolute Gasteiger partial charge is 0.244 e. The number of hydrogen-bond acceptors (Lipinski definition) is 2. The molecule has 4 nitrogen and oxygen atoms in total. The standard InChI is InChI=1S/C8H11N3O.HI/c1-3-4-11-6-8(5-9-12)10(2)7-11;/h3,5-7H,1,4H2,2H3;1H/b9-5+;. The van der Waals surface area contributed by atoms with Crippen LogP contribution < -0.4 is 28.5 Å². The van der Waals surface area contributed by atoms with Gasteiger partial charge in [0.15, 0.2) is 5.69 Å². The third-order valence-corrected chi connectivity index (χ3v) is 1.56. The number of imidazole rings is 1. The normalized spacial score (nSPS) is 9.92. The Bertz CT molecular complexity index is 306. The van der Waals surface area contributed by atoms with Crippen molar-refractivity contribution < 1.29 is 33.8 Å². The third-order valence-electron chi connectivity index (χ3n) is 1.56. The van der Waals surface area contributed by atoms with Crippen LogP contribution in [0.25, 0.3) is 0 Å². The fourth-order valence-corrected chi connectivity index (χ4v) is 1.02. The molecule has 1 N–H and O–H groups in total. The minimum atomic E-state index is 0. The molecule has 1 aromatic rings. The minimum Gasteiger partial charge on any atom is -1.00 e.